The first kappa shape index (κ1) is 74.6. The van der Waals surface area contributed by atoms with Crippen LogP contribution in [0, 0.1) is 0 Å². The molecule has 0 aromatic carbocycles. The molecule has 0 aliphatic carbocycles. The quantitative estimate of drug-likeness (QED) is 0.0204. The van der Waals surface area contributed by atoms with E-state index in [4.69, 9.17) is 18.9 Å². The van der Waals surface area contributed by atoms with E-state index in [2.05, 4.69) is 31.3 Å². The van der Waals surface area contributed by atoms with Gasteiger partial charge in [0.05, 0.1) is 32.0 Å². The number of hydrogen-bond acceptors (Lipinski definition) is 13. The van der Waals surface area contributed by atoms with E-state index in [-0.39, 0.29) is 18.9 Å². The molecule has 2 heterocycles. The molecule has 2 rings (SSSR count). The fourth-order valence-electron chi connectivity index (χ4n) is 11.2. The van der Waals surface area contributed by atoms with E-state index in [1.807, 2.05) is 6.08 Å². The van der Waals surface area contributed by atoms with E-state index in [0.29, 0.717) is 6.42 Å². The van der Waals surface area contributed by atoms with Gasteiger partial charge in [-0.25, -0.2) is 0 Å². The monoisotopic (exact) mass is 1140 g/mol. The van der Waals surface area contributed by atoms with Crippen molar-refractivity contribution in [1.29, 1.82) is 0 Å². The second-order valence-corrected chi connectivity index (χ2v) is 24.0. The molecule has 472 valence electrons. The Morgan fingerprint density at radius 1 is 0.438 bits per heavy atom. The van der Waals surface area contributed by atoms with Gasteiger partial charge < -0.3 is 65.1 Å². The van der Waals surface area contributed by atoms with Gasteiger partial charge in [0.2, 0.25) is 5.91 Å². The summed E-state index contributed by atoms with van der Waals surface area (Å²) in [5, 5.41) is 87.3. The first-order valence-electron chi connectivity index (χ1n) is 33.6. The molecule has 2 fully saturated rings. The van der Waals surface area contributed by atoms with E-state index < -0.39 is 86.8 Å². The SMILES string of the molecule is CCCCCCCCC/C=C\CCCCCCCC(=O)NC(COC1OC(CO)C(OC2OC(CO)C(O)C(O)C2O)C(O)C1O)C(O)/C=C/CCCCCCCCCCCCCCCCCCCCCCCCCCCCCC. The second kappa shape index (κ2) is 51.9. The maximum Gasteiger partial charge on any atom is 0.220 e. The standard InChI is InChI=1S/C66H125NO13/c1-3-5-7-9-11-13-15-17-19-21-22-23-24-25-26-27-28-29-30-31-32-33-34-35-37-39-41-43-45-47-49-55(70)54(67-58(71)50-48-46-44-42-40-38-36-20-18-16-14-12-10-8-6-4-2)53-77-65-63(76)61(74)64(57(52-69)79-65)80-66-62(75)60(73)59(72)56(51-68)78-66/h20,36,47,49,54-57,59-66,68-70,72-76H,3-19,21-35,37-46,48,50-53H2,1-2H3,(H,67,71)/b36-20-,49-47+. The van der Waals surface area contributed by atoms with Crippen LogP contribution < -0.4 is 5.32 Å². The van der Waals surface area contributed by atoms with Crippen LogP contribution in [0.25, 0.3) is 0 Å². The third-order valence-electron chi connectivity index (χ3n) is 16.6. The predicted octanol–water partition coefficient (Wildman–Crippen LogP) is 12.8. The number of aliphatic hydroxyl groups is 8. The Bertz CT molecular complexity index is 1440. The highest BCUT2D eigenvalue weighted by molar-refractivity contribution is 5.76. The van der Waals surface area contributed by atoms with Gasteiger partial charge in [-0.2, -0.15) is 0 Å². The van der Waals surface area contributed by atoms with Gasteiger partial charge in [0.15, 0.2) is 12.6 Å². The zero-order valence-electron chi connectivity index (χ0n) is 51.1. The van der Waals surface area contributed by atoms with Crippen molar-refractivity contribution in [3.05, 3.63) is 24.3 Å². The molecule has 2 aliphatic rings. The summed E-state index contributed by atoms with van der Waals surface area (Å²) in [5.74, 6) is -0.244. The number of nitrogens with one attached hydrogen (secondary N) is 1. The van der Waals surface area contributed by atoms with Crippen molar-refractivity contribution in [2.75, 3.05) is 19.8 Å². The number of hydrogen-bond donors (Lipinski definition) is 9. The fraction of sp³-hybridized carbons (Fsp3) is 0.924. The van der Waals surface area contributed by atoms with Crippen LogP contribution in [0.3, 0.4) is 0 Å². The van der Waals surface area contributed by atoms with Gasteiger partial charge in [-0.05, 0) is 44.9 Å². The maximum absolute atomic E-state index is 13.3. The Kier molecular flexibility index (Phi) is 48.3. The number of rotatable bonds is 55. The molecular formula is C66H125NO13. The van der Waals surface area contributed by atoms with Crippen LogP contribution >= 0.6 is 0 Å². The van der Waals surface area contributed by atoms with Crippen LogP contribution in [-0.4, -0.2) is 140 Å². The summed E-state index contributed by atoms with van der Waals surface area (Å²) in [4.78, 5) is 13.3. The molecule has 0 aromatic rings. The van der Waals surface area contributed by atoms with Crippen LogP contribution in [0.15, 0.2) is 24.3 Å². The molecule has 2 aliphatic heterocycles. The third kappa shape index (κ3) is 36.3. The minimum atomic E-state index is -1.79. The largest absolute Gasteiger partial charge is 0.394 e. The Morgan fingerprint density at radius 2 is 0.787 bits per heavy atom. The molecule has 1 amide bonds. The molecule has 12 unspecified atom stereocenters. The summed E-state index contributed by atoms with van der Waals surface area (Å²) in [6.45, 7) is 2.82. The predicted molar refractivity (Wildman–Crippen MR) is 323 cm³/mol. The summed E-state index contributed by atoms with van der Waals surface area (Å²) in [7, 11) is 0. The normalized spacial score (nSPS) is 24.3. The summed E-state index contributed by atoms with van der Waals surface area (Å²) in [6, 6.07) is -0.918. The molecule has 0 bridgehead atoms. The van der Waals surface area contributed by atoms with E-state index >= 15 is 0 Å². The molecule has 0 aromatic heterocycles. The fourth-order valence-corrected chi connectivity index (χ4v) is 11.2. The molecule has 12 atom stereocenters. The molecular weight excluding hydrogens is 1010 g/mol. The smallest absolute Gasteiger partial charge is 0.220 e. The van der Waals surface area contributed by atoms with Crippen LogP contribution in [0.4, 0.5) is 0 Å². The van der Waals surface area contributed by atoms with E-state index in [1.165, 1.54) is 212 Å². The highest BCUT2D eigenvalue weighted by atomic mass is 16.7. The lowest BCUT2D eigenvalue weighted by atomic mass is 9.97. The molecule has 2 saturated heterocycles. The number of ether oxygens (including phenoxy) is 4. The highest BCUT2D eigenvalue weighted by Crippen LogP contribution is 2.30. The molecule has 80 heavy (non-hydrogen) atoms. The minimum Gasteiger partial charge on any atom is -0.394 e. The van der Waals surface area contributed by atoms with Gasteiger partial charge in [-0.1, -0.05) is 269 Å². The van der Waals surface area contributed by atoms with E-state index in [0.717, 1.165) is 57.8 Å². The number of aliphatic hydroxyl groups excluding tert-OH is 8. The Hall–Kier alpha value is -1.53. The molecule has 0 radical (unpaired) electrons. The van der Waals surface area contributed by atoms with Crippen molar-refractivity contribution in [2.45, 2.75) is 370 Å². The lowest BCUT2D eigenvalue weighted by molar-refractivity contribution is -0.359. The number of carbonyl (C=O) groups is 1. The van der Waals surface area contributed by atoms with Crippen molar-refractivity contribution in [3.8, 4) is 0 Å². The average molecular weight is 1140 g/mol. The maximum atomic E-state index is 13.3. The summed E-state index contributed by atoms with van der Waals surface area (Å²) in [6.07, 6.45) is 46.7. The van der Waals surface area contributed by atoms with Crippen molar-refractivity contribution >= 4 is 5.91 Å². The first-order valence-corrected chi connectivity index (χ1v) is 33.6. The van der Waals surface area contributed by atoms with E-state index in [1.54, 1.807) is 6.08 Å². The van der Waals surface area contributed by atoms with Gasteiger partial charge in [-0.3, -0.25) is 4.79 Å². The van der Waals surface area contributed by atoms with Crippen LogP contribution in [0.5, 0.6) is 0 Å². The lowest BCUT2D eigenvalue weighted by Gasteiger charge is -2.46. The van der Waals surface area contributed by atoms with Gasteiger partial charge in [0, 0.05) is 6.42 Å². The summed E-state index contributed by atoms with van der Waals surface area (Å²) in [5.41, 5.74) is 0. The van der Waals surface area contributed by atoms with Gasteiger partial charge >= 0.3 is 0 Å². The Morgan fingerprint density at radius 3 is 1.19 bits per heavy atom. The number of amides is 1. The number of allylic oxidation sites excluding steroid dienone is 3. The van der Waals surface area contributed by atoms with Crippen LogP contribution in [0.2, 0.25) is 0 Å². The zero-order valence-corrected chi connectivity index (χ0v) is 51.1. The molecule has 14 nitrogen and oxygen atoms in total. The van der Waals surface area contributed by atoms with Crippen molar-refractivity contribution in [2.24, 2.45) is 0 Å². The van der Waals surface area contributed by atoms with Crippen molar-refractivity contribution in [1.82, 2.24) is 5.32 Å². The molecule has 0 spiro atoms. The van der Waals surface area contributed by atoms with E-state index in [9.17, 15) is 45.6 Å². The molecule has 14 heteroatoms. The summed E-state index contributed by atoms with van der Waals surface area (Å²) >= 11 is 0. The summed E-state index contributed by atoms with van der Waals surface area (Å²) < 4.78 is 22.8. The average Bonchev–Trinajstić information content (AvgIpc) is 3.46. The van der Waals surface area contributed by atoms with Gasteiger partial charge in [0.25, 0.3) is 0 Å². The molecule has 9 N–H and O–H groups in total. The Labute approximate surface area is 488 Å². The van der Waals surface area contributed by atoms with Crippen LogP contribution in [-0.2, 0) is 23.7 Å². The van der Waals surface area contributed by atoms with Crippen LogP contribution in [0.1, 0.15) is 296 Å². The highest BCUT2D eigenvalue weighted by Gasteiger charge is 2.51. The minimum absolute atomic E-state index is 0.244. The van der Waals surface area contributed by atoms with Gasteiger partial charge in [0.1, 0.15) is 48.8 Å². The Balaban J connectivity index is 1.68. The third-order valence-corrected chi connectivity index (χ3v) is 16.6. The lowest BCUT2D eigenvalue weighted by Crippen LogP contribution is -2.65. The van der Waals surface area contributed by atoms with Gasteiger partial charge in [-0.15, -0.1) is 0 Å². The number of unbranched alkanes of at least 4 members (excludes halogenated alkanes) is 40. The first-order chi connectivity index (χ1) is 39.1. The zero-order chi connectivity index (χ0) is 58.1. The number of carbonyl (C=O) groups excluding carboxylic acids is 1. The van der Waals surface area contributed by atoms with Crippen molar-refractivity contribution < 1.29 is 64.6 Å². The second-order valence-electron chi connectivity index (χ2n) is 24.0. The topological polar surface area (TPSA) is 228 Å². The van der Waals surface area contributed by atoms with Crippen molar-refractivity contribution in [3.63, 3.8) is 0 Å². The molecule has 0 saturated carbocycles.